The van der Waals surface area contributed by atoms with E-state index in [1.807, 2.05) is 49.6 Å². The molecule has 0 aliphatic carbocycles. The average Bonchev–Trinajstić information content (AvgIpc) is 2.93. The molecule has 1 atom stereocenters. The maximum absolute atomic E-state index is 12.1. The van der Waals surface area contributed by atoms with Gasteiger partial charge in [-0.3, -0.25) is 4.79 Å². The molecule has 1 aromatic carbocycles. The number of carbonyl (C=O) groups excluding carboxylic acids is 1. The first-order valence-electron chi connectivity index (χ1n) is 6.97. The van der Waals surface area contributed by atoms with Gasteiger partial charge in [-0.05, 0) is 26.3 Å². The molecule has 1 unspecified atom stereocenters. The fourth-order valence-electron chi connectivity index (χ4n) is 2.03. The van der Waals surface area contributed by atoms with Crippen LogP contribution in [0.5, 0.6) is 0 Å². The van der Waals surface area contributed by atoms with E-state index >= 15 is 0 Å². The molecule has 0 radical (unpaired) electrons. The molecular formula is C15H23Cl2N5O. The third-order valence-corrected chi connectivity index (χ3v) is 3.34. The molecule has 0 aliphatic rings. The van der Waals surface area contributed by atoms with Crippen LogP contribution in [-0.2, 0) is 11.3 Å². The number of nitrogens with zero attached hydrogens (tertiary/aromatic N) is 3. The van der Waals surface area contributed by atoms with Crippen molar-refractivity contribution in [3.05, 3.63) is 47.5 Å². The molecule has 0 bridgehead atoms. The van der Waals surface area contributed by atoms with Crippen molar-refractivity contribution in [1.29, 1.82) is 0 Å². The van der Waals surface area contributed by atoms with Crippen LogP contribution in [0.2, 0.25) is 0 Å². The molecule has 0 saturated carbocycles. The van der Waals surface area contributed by atoms with E-state index in [-0.39, 0.29) is 36.8 Å². The highest BCUT2D eigenvalue weighted by Crippen LogP contribution is 2.12. The largest absolute Gasteiger partial charge is 0.347 e. The van der Waals surface area contributed by atoms with Gasteiger partial charge in [-0.15, -0.1) is 35.0 Å². The number of nitrogens with one attached hydrogen (secondary N) is 1. The standard InChI is InChI=1S/C15H21N5O.2ClH/c1-10(2)20-9-18-19-13(20)8-17-15(21)14(16)12-6-4-11(3)5-7-12;;/h4-7,9-10,14H,8,16H2,1-3H3,(H,17,21);2*1H. The van der Waals surface area contributed by atoms with Crippen molar-refractivity contribution in [2.45, 2.75) is 39.4 Å². The maximum Gasteiger partial charge on any atom is 0.241 e. The van der Waals surface area contributed by atoms with Gasteiger partial charge in [0.25, 0.3) is 0 Å². The van der Waals surface area contributed by atoms with E-state index < -0.39 is 6.04 Å². The molecule has 2 rings (SSSR count). The van der Waals surface area contributed by atoms with Crippen LogP contribution in [-0.4, -0.2) is 20.7 Å². The van der Waals surface area contributed by atoms with E-state index in [0.29, 0.717) is 6.54 Å². The summed E-state index contributed by atoms with van der Waals surface area (Å²) >= 11 is 0. The van der Waals surface area contributed by atoms with Gasteiger partial charge in [0.05, 0.1) is 6.54 Å². The maximum atomic E-state index is 12.1. The molecule has 8 heteroatoms. The second kappa shape index (κ2) is 9.50. The van der Waals surface area contributed by atoms with Crippen molar-refractivity contribution in [2.75, 3.05) is 0 Å². The molecule has 1 aromatic heterocycles. The second-order valence-corrected chi connectivity index (χ2v) is 5.35. The second-order valence-electron chi connectivity index (χ2n) is 5.35. The first kappa shape index (κ1) is 21.4. The van der Waals surface area contributed by atoms with Crippen molar-refractivity contribution in [3.63, 3.8) is 0 Å². The van der Waals surface area contributed by atoms with Crippen LogP contribution in [0.15, 0.2) is 30.6 Å². The van der Waals surface area contributed by atoms with E-state index in [4.69, 9.17) is 5.73 Å². The first-order chi connectivity index (χ1) is 9.99. The number of benzene rings is 1. The molecule has 0 fully saturated rings. The first-order valence-corrected chi connectivity index (χ1v) is 6.97. The number of amides is 1. The van der Waals surface area contributed by atoms with Crippen molar-refractivity contribution in [3.8, 4) is 0 Å². The molecular weight excluding hydrogens is 337 g/mol. The van der Waals surface area contributed by atoms with E-state index in [2.05, 4.69) is 15.5 Å². The van der Waals surface area contributed by atoms with Gasteiger partial charge in [-0.1, -0.05) is 29.8 Å². The minimum Gasteiger partial charge on any atom is -0.347 e. The van der Waals surface area contributed by atoms with Gasteiger partial charge >= 0.3 is 0 Å². The lowest BCUT2D eigenvalue weighted by molar-refractivity contribution is -0.122. The third-order valence-electron chi connectivity index (χ3n) is 3.34. The summed E-state index contributed by atoms with van der Waals surface area (Å²) in [7, 11) is 0. The lowest BCUT2D eigenvalue weighted by atomic mass is 10.1. The average molecular weight is 360 g/mol. The summed E-state index contributed by atoms with van der Waals surface area (Å²) in [5.41, 5.74) is 7.90. The SMILES string of the molecule is Cc1ccc(C(N)C(=O)NCc2nncn2C(C)C)cc1.Cl.Cl. The fourth-order valence-corrected chi connectivity index (χ4v) is 2.03. The Bertz CT molecular complexity index is 613. The fraction of sp³-hybridized carbons (Fsp3) is 0.400. The summed E-state index contributed by atoms with van der Waals surface area (Å²) in [4.78, 5) is 12.1. The molecule has 128 valence electrons. The molecule has 2 aromatic rings. The smallest absolute Gasteiger partial charge is 0.241 e. The summed E-state index contributed by atoms with van der Waals surface area (Å²) in [5, 5.41) is 10.7. The summed E-state index contributed by atoms with van der Waals surface area (Å²) in [6.45, 7) is 6.38. The van der Waals surface area contributed by atoms with Crippen LogP contribution in [0.4, 0.5) is 0 Å². The molecule has 1 amide bonds. The molecule has 0 aliphatic heterocycles. The Hall–Kier alpha value is -1.63. The van der Waals surface area contributed by atoms with Crippen LogP contribution in [0, 0.1) is 6.92 Å². The Morgan fingerprint density at radius 2 is 1.87 bits per heavy atom. The predicted octanol–water partition coefficient (Wildman–Crippen LogP) is 2.33. The minimum absolute atomic E-state index is 0. The Kier molecular flexibility index (Phi) is 8.82. The van der Waals surface area contributed by atoms with Gasteiger partial charge in [0.15, 0.2) is 5.82 Å². The molecule has 23 heavy (non-hydrogen) atoms. The highest BCUT2D eigenvalue weighted by atomic mass is 35.5. The van der Waals surface area contributed by atoms with Crippen LogP contribution in [0.25, 0.3) is 0 Å². The number of hydrogen-bond donors (Lipinski definition) is 2. The molecule has 6 nitrogen and oxygen atoms in total. The highest BCUT2D eigenvalue weighted by molar-refractivity contribution is 5.85. The zero-order valence-corrected chi connectivity index (χ0v) is 15.0. The summed E-state index contributed by atoms with van der Waals surface area (Å²) in [5.74, 6) is 0.492. The van der Waals surface area contributed by atoms with Gasteiger partial charge in [0, 0.05) is 6.04 Å². The van der Waals surface area contributed by atoms with Gasteiger partial charge in [-0.2, -0.15) is 0 Å². The summed E-state index contributed by atoms with van der Waals surface area (Å²) in [6.07, 6.45) is 1.66. The van der Waals surface area contributed by atoms with E-state index in [9.17, 15) is 4.79 Å². The highest BCUT2D eigenvalue weighted by Gasteiger charge is 2.16. The van der Waals surface area contributed by atoms with Gasteiger partial charge < -0.3 is 15.6 Å². The summed E-state index contributed by atoms with van der Waals surface area (Å²) in [6, 6.07) is 7.20. The molecule has 3 N–H and O–H groups in total. The number of hydrogen-bond acceptors (Lipinski definition) is 4. The Balaban J connectivity index is 0.00000242. The topological polar surface area (TPSA) is 85.8 Å². The molecule has 1 heterocycles. The van der Waals surface area contributed by atoms with Gasteiger partial charge in [-0.25, -0.2) is 0 Å². The lowest BCUT2D eigenvalue weighted by Crippen LogP contribution is -2.34. The monoisotopic (exact) mass is 359 g/mol. The van der Waals surface area contributed by atoms with Gasteiger partial charge in [0.2, 0.25) is 5.91 Å². The van der Waals surface area contributed by atoms with Crippen LogP contribution in [0.1, 0.15) is 42.9 Å². The van der Waals surface area contributed by atoms with Gasteiger partial charge in [0.1, 0.15) is 12.4 Å². The Morgan fingerprint density at radius 3 is 2.43 bits per heavy atom. The number of aryl methyl sites for hydroxylation is 1. The van der Waals surface area contributed by atoms with E-state index in [1.54, 1.807) is 6.33 Å². The van der Waals surface area contributed by atoms with Crippen molar-refractivity contribution < 1.29 is 4.79 Å². The van der Waals surface area contributed by atoms with Crippen LogP contribution in [0.3, 0.4) is 0 Å². The van der Waals surface area contributed by atoms with E-state index in [0.717, 1.165) is 17.0 Å². The number of carbonyl (C=O) groups is 1. The number of nitrogens with two attached hydrogens (primary N) is 1. The zero-order valence-electron chi connectivity index (χ0n) is 13.4. The summed E-state index contributed by atoms with van der Waals surface area (Å²) < 4.78 is 1.91. The zero-order chi connectivity index (χ0) is 15.4. The van der Waals surface area contributed by atoms with Crippen LogP contribution < -0.4 is 11.1 Å². The number of halogens is 2. The van der Waals surface area contributed by atoms with E-state index in [1.165, 1.54) is 0 Å². The number of rotatable bonds is 5. The lowest BCUT2D eigenvalue weighted by Gasteiger charge is -2.14. The van der Waals surface area contributed by atoms with Crippen molar-refractivity contribution in [1.82, 2.24) is 20.1 Å². The normalized spacial score (nSPS) is 11.3. The Labute approximate surface area is 148 Å². The molecule has 0 spiro atoms. The van der Waals surface area contributed by atoms with Crippen LogP contribution >= 0.6 is 24.8 Å². The minimum atomic E-state index is -0.680. The molecule has 0 saturated heterocycles. The number of aromatic nitrogens is 3. The predicted molar refractivity (Wildman–Crippen MR) is 94.9 cm³/mol. The quantitative estimate of drug-likeness (QED) is 0.857. The Morgan fingerprint density at radius 1 is 1.26 bits per heavy atom. The van der Waals surface area contributed by atoms with Crippen molar-refractivity contribution in [2.24, 2.45) is 5.73 Å². The van der Waals surface area contributed by atoms with Crippen molar-refractivity contribution >= 4 is 30.7 Å². The third kappa shape index (κ3) is 5.49.